The molecular weight excluding hydrogens is 504 g/mol. The van der Waals surface area contributed by atoms with Gasteiger partial charge in [-0.25, -0.2) is 0 Å². The Labute approximate surface area is 205 Å². The van der Waals surface area contributed by atoms with Gasteiger partial charge >= 0.3 is 0 Å². The molecule has 2 fully saturated rings. The van der Waals surface area contributed by atoms with E-state index >= 15 is 0 Å². The van der Waals surface area contributed by atoms with Crippen LogP contribution in [-0.4, -0.2) is 79.2 Å². The first-order valence-corrected chi connectivity index (χ1v) is 12.1. The number of nitrogens with zero attached hydrogens (tertiary/aromatic N) is 2. The van der Waals surface area contributed by atoms with E-state index in [9.17, 15) is 14.7 Å². The standard InChI is InChI=1S/C25H25BrN2O6/c26-18-3-1-2-16(14-18)22-21(23(29)17-4-5-19-20(15-17)34-13-12-33-19)24(30)25(31)28(22)7-6-27-8-10-32-11-9-27/h1-5,14-15,22,29H,6-13H2/b23-21+. The van der Waals surface area contributed by atoms with Gasteiger partial charge in [0.05, 0.1) is 24.8 Å². The molecule has 3 aliphatic heterocycles. The Kier molecular flexibility index (Phi) is 6.58. The highest BCUT2D eigenvalue weighted by atomic mass is 79.9. The number of morpholine rings is 1. The number of Topliss-reactive ketones (excluding diaryl/α,β-unsaturated/α-hetero) is 1. The Bertz CT molecular complexity index is 1140. The molecule has 1 N–H and O–H groups in total. The molecule has 2 saturated heterocycles. The topological polar surface area (TPSA) is 88.5 Å². The van der Waals surface area contributed by atoms with Crippen molar-refractivity contribution in [3.05, 3.63) is 63.6 Å². The lowest BCUT2D eigenvalue weighted by Crippen LogP contribution is -2.42. The van der Waals surface area contributed by atoms with Gasteiger partial charge < -0.3 is 24.2 Å². The van der Waals surface area contributed by atoms with Crippen molar-refractivity contribution in [2.45, 2.75) is 6.04 Å². The van der Waals surface area contributed by atoms with Crippen molar-refractivity contribution in [3.63, 3.8) is 0 Å². The molecule has 3 heterocycles. The van der Waals surface area contributed by atoms with E-state index in [0.29, 0.717) is 56.6 Å². The number of carbonyl (C=O) groups excluding carboxylic acids is 2. The molecule has 5 rings (SSSR count). The SMILES string of the molecule is O=C1C(=O)N(CCN2CCOCC2)C(c2cccc(Br)c2)/C1=C(\O)c1ccc2c(c1)OCCO2. The van der Waals surface area contributed by atoms with E-state index in [-0.39, 0.29) is 11.3 Å². The number of aliphatic hydroxyl groups is 1. The summed E-state index contributed by atoms with van der Waals surface area (Å²) < 4.78 is 17.4. The molecule has 34 heavy (non-hydrogen) atoms. The van der Waals surface area contributed by atoms with E-state index in [1.165, 1.54) is 0 Å². The summed E-state index contributed by atoms with van der Waals surface area (Å²) in [5.41, 5.74) is 1.21. The summed E-state index contributed by atoms with van der Waals surface area (Å²) in [6.07, 6.45) is 0. The van der Waals surface area contributed by atoms with Gasteiger partial charge in [0.1, 0.15) is 19.0 Å². The third-order valence-electron chi connectivity index (χ3n) is 6.28. The number of amides is 1. The Morgan fingerprint density at radius 3 is 2.50 bits per heavy atom. The van der Waals surface area contributed by atoms with Crippen LogP contribution in [0.25, 0.3) is 5.76 Å². The maximum atomic E-state index is 13.2. The predicted molar refractivity (Wildman–Crippen MR) is 128 cm³/mol. The average Bonchev–Trinajstić information content (AvgIpc) is 3.12. The fourth-order valence-corrected chi connectivity index (χ4v) is 4.97. The van der Waals surface area contributed by atoms with Gasteiger partial charge in [-0.05, 0) is 35.9 Å². The molecule has 2 aromatic rings. The zero-order valence-electron chi connectivity index (χ0n) is 18.5. The lowest BCUT2D eigenvalue weighted by atomic mass is 9.95. The van der Waals surface area contributed by atoms with Gasteiger partial charge in [0.25, 0.3) is 11.7 Å². The molecule has 1 atom stereocenters. The fraction of sp³-hybridized carbons (Fsp3) is 0.360. The molecule has 0 aromatic heterocycles. The Balaban J connectivity index is 1.54. The summed E-state index contributed by atoms with van der Waals surface area (Å²) in [5.74, 6) is -0.459. The second-order valence-corrected chi connectivity index (χ2v) is 9.28. The third kappa shape index (κ3) is 4.43. The number of fused-ring (bicyclic) bond motifs is 1. The third-order valence-corrected chi connectivity index (χ3v) is 6.77. The quantitative estimate of drug-likeness (QED) is 0.362. The van der Waals surface area contributed by atoms with E-state index < -0.39 is 17.7 Å². The maximum Gasteiger partial charge on any atom is 0.295 e. The first-order chi connectivity index (χ1) is 16.5. The van der Waals surface area contributed by atoms with Crippen LogP contribution in [0.4, 0.5) is 0 Å². The summed E-state index contributed by atoms with van der Waals surface area (Å²) >= 11 is 3.48. The second kappa shape index (κ2) is 9.77. The molecule has 0 bridgehead atoms. The van der Waals surface area contributed by atoms with Gasteiger partial charge in [-0.1, -0.05) is 28.1 Å². The van der Waals surface area contributed by atoms with Crippen molar-refractivity contribution < 1.29 is 28.9 Å². The lowest BCUT2D eigenvalue weighted by molar-refractivity contribution is -0.140. The first kappa shape index (κ1) is 22.9. The number of hydrogen-bond acceptors (Lipinski definition) is 7. The highest BCUT2D eigenvalue weighted by molar-refractivity contribution is 9.10. The van der Waals surface area contributed by atoms with E-state index in [2.05, 4.69) is 20.8 Å². The van der Waals surface area contributed by atoms with Gasteiger partial charge in [0.2, 0.25) is 0 Å². The minimum absolute atomic E-state index is 0.0711. The molecule has 9 heteroatoms. The molecule has 0 spiro atoms. The molecular formula is C25H25BrN2O6. The van der Waals surface area contributed by atoms with Crippen LogP contribution in [0, 0.1) is 0 Å². The largest absolute Gasteiger partial charge is 0.507 e. The molecule has 2 aromatic carbocycles. The van der Waals surface area contributed by atoms with Crippen molar-refractivity contribution in [3.8, 4) is 11.5 Å². The van der Waals surface area contributed by atoms with Crippen molar-refractivity contribution in [1.82, 2.24) is 9.80 Å². The summed E-state index contributed by atoms with van der Waals surface area (Å²) in [6.45, 7) is 4.70. The number of hydrogen-bond donors (Lipinski definition) is 1. The van der Waals surface area contributed by atoms with Crippen LogP contribution in [0.1, 0.15) is 17.2 Å². The van der Waals surface area contributed by atoms with Crippen LogP contribution in [0.2, 0.25) is 0 Å². The molecule has 3 aliphatic rings. The first-order valence-electron chi connectivity index (χ1n) is 11.3. The molecule has 0 radical (unpaired) electrons. The van der Waals surface area contributed by atoms with Crippen LogP contribution in [0.15, 0.2) is 52.5 Å². The number of likely N-dealkylation sites (tertiary alicyclic amines) is 1. The number of aliphatic hydroxyl groups excluding tert-OH is 1. The van der Waals surface area contributed by atoms with Crippen LogP contribution in [-0.2, 0) is 14.3 Å². The number of carbonyl (C=O) groups is 2. The molecule has 178 valence electrons. The summed E-state index contributed by atoms with van der Waals surface area (Å²) in [6, 6.07) is 11.8. The van der Waals surface area contributed by atoms with E-state index in [1.807, 2.05) is 24.3 Å². The molecule has 0 saturated carbocycles. The highest BCUT2D eigenvalue weighted by Gasteiger charge is 2.46. The number of ketones is 1. The molecule has 1 unspecified atom stereocenters. The molecule has 0 aliphatic carbocycles. The Morgan fingerprint density at radius 2 is 1.74 bits per heavy atom. The van der Waals surface area contributed by atoms with Gasteiger partial charge in [0.15, 0.2) is 11.5 Å². The number of halogens is 1. The maximum absolute atomic E-state index is 13.2. The minimum Gasteiger partial charge on any atom is -0.507 e. The predicted octanol–water partition coefficient (Wildman–Crippen LogP) is 2.97. The number of ether oxygens (including phenoxy) is 3. The van der Waals surface area contributed by atoms with Gasteiger partial charge in [-0.2, -0.15) is 0 Å². The van der Waals surface area contributed by atoms with E-state index in [0.717, 1.165) is 23.1 Å². The average molecular weight is 529 g/mol. The normalized spacial score (nSPS) is 22.3. The van der Waals surface area contributed by atoms with Crippen molar-refractivity contribution in [2.24, 2.45) is 0 Å². The molecule has 8 nitrogen and oxygen atoms in total. The minimum atomic E-state index is -0.702. The zero-order valence-corrected chi connectivity index (χ0v) is 20.1. The van der Waals surface area contributed by atoms with Gasteiger partial charge in [-0.3, -0.25) is 14.5 Å². The second-order valence-electron chi connectivity index (χ2n) is 8.36. The monoisotopic (exact) mass is 528 g/mol. The highest BCUT2D eigenvalue weighted by Crippen LogP contribution is 2.41. The molecule has 1 amide bonds. The van der Waals surface area contributed by atoms with E-state index in [1.54, 1.807) is 23.1 Å². The Morgan fingerprint density at radius 1 is 0.971 bits per heavy atom. The van der Waals surface area contributed by atoms with Crippen LogP contribution < -0.4 is 9.47 Å². The summed E-state index contributed by atoms with van der Waals surface area (Å²) in [4.78, 5) is 30.2. The van der Waals surface area contributed by atoms with Gasteiger partial charge in [-0.15, -0.1) is 0 Å². The van der Waals surface area contributed by atoms with E-state index in [4.69, 9.17) is 14.2 Å². The van der Waals surface area contributed by atoms with Crippen molar-refractivity contribution in [2.75, 3.05) is 52.6 Å². The smallest absolute Gasteiger partial charge is 0.295 e. The van der Waals surface area contributed by atoms with Crippen LogP contribution in [0.5, 0.6) is 11.5 Å². The van der Waals surface area contributed by atoms with Crippen molar-refractivity contribution in [1.29, 1.82) is 0 Å². The van der Waals surface area contributed by atoms with Crippen LogP contribution in [0.3, 0.4) is 0 Å². The number of rotatable bonds is 5. The number of benzene rings is 2. The van der Waals surface area contributed by atoms with Crippen LogP contribution >= 0.6 is 15.9 Å². The fourth-order valence-electron chi connectivity index (χ4n) is 4.55. The summed E-state index contributed by atoms with van der Waals surface area (Å²) in [5, 5.41) is 11.3. The zero-order chi connectivity index (χ0) is 23.7. The van der Waals surface area contributed by atoms with Crippen molar-refractivity contribution >= 4 is 33.4 Å². The Hall–Kier alpha value is -2.88. The lowest BCUT2D eigenvalue weighted by Gasteiger charge is -2.31. The van der Waals surface area contributed by atoms with Gasteiger partial charge in [0, 0.05) is 36.2 Å². The summed E-state index contributed by atoms with van der Waals surface area (Å²) in [7, 11) is 0.